The van der Waals surface area contributed by atoms with Gasteiger partial charge in [0, 0.05) is 23.7 Å². The van der Waals surface area contributed by atoms with Crippen LogP contribution in [-0.2, 0) is 0 Å². The molecule has 0 saturated heterocycles. The van der Waals surface area contributed by atoms with Crippen LogP contribution < -0.4 is 20.1 Å². The average Bonchev–Trinajstić information content (AvgIpc) is 2.56. The second-order valence-electron chi connectivity index (χ2n) is 7.44. The van der Waals surface area contributed by atoms with Gasteiger partial charge in [-0.2, -0.15) is 0 Å². The number of rotatable bonds is 3. The maximum absolute atomic E-state index is 6.14. The Morgan fingerprint density at radius 3 is 2.69 bits per heavy atom. The van der Waals surface area contributed by atoms with E-state index < -0.39 is 0 Å². The third-order valence-electron chi connectivity index (χ3n) is 4.62. The minimum Gasteiger partial charge on any atom is -0.497 e. The smallest absolute Gasteiger partial charge is 0.171 e. The molecule has 0 spiro atoms. The number of methoxy groups -OCH3 is 1. The summed E-state index contributed by atoms with van der Waals surface area (Å²) in [6, 6.07) is 12.3. The van der Waals surface area contributed by atoms with Crippen LogP contribution in [-0.4, -0.2) is 17.8 Å². The van der Waals surface area contributed by atoms with Gasteiger partial charge < -0.3 is 20.1 Å². The lowest BCUT2D eigenvalue weighted by Crippen LogP contribution is -2.42. The van der Waals surface area contributed by atoms with Crippen LogP contribution in [0.2, 0.25) is 0 Å². The first kappa shape index (κ1) is 18.5. The number of thiocarbonyl (C=S) groups is 1. The molecule has 0 fully saturated rings. The van der Waals surface area contributed by atoms with Crippen molar-refractivity contribution >= 4 is 23.0 Å². The summed E-state index contributed by atoms with van der Waals surface area (Å²) in [7, 11) is 1.66. The van der Waals surface area contributed by atoms with E-state index >= 15 is 0 Å². The summed E-state index contributed by atoms with van der Waals surface area (Å²) in [6.07, 6.45) is 0.820. The van der Waals surface area contributed by atoms with Crippen molar-refractivity contribution in [1.29, 1.82) is 0 Å². The lowest BCUT2D eigenvalue weighted by molar-refractivity contribution is 0.0693. The molecule has 4 nitrogen and oxygen atoms in total. The van der Waals surface area contributed by atoms with Crippen LogP contribution in [0.25, 0.3) is 0 Å². The Bertz CT molecular complexity index is 833. The molecule has 0 aromatic heterocycles. The average molecular weight is 371 g/mol. The minimum atomic E-state index is -0.286. The Labute approximate surface area is 160 Å². The fraction of sp³-hybridized carbons (Fsp3) is 0.381. The first-order valence-corrected chi connectivity index (χ1v) is 9.20. The SMILES string of the molecule is COc1ccc2c(c1)OC(C)(C)CC2NC(=S)Nc1cc(C)ccc1C. The quantitative estimate of drug-likeness (QED) is 0.752. The summed E-state index contributed by atoms with van der Waals surface area (Å²) in [5.74, 6) is 1.63. The maximum atomic E-state index is 6.14. The molecule has 3 rings (SSSR count). The van der Waals surface area contributed by atoms with E-state index in [0.717, 1.165) is 34.7 Å². The molecule has 0 aliphatic carbocycles. The second kappa shape index (κ2) is 7.16. The van der Waals surface area contributed by atoms with Crippen molar-refractivity contribution < 1.29 is 9.47 Å². The highest BCUT2D eigenvalue weighted by Gasteiger charge is 2.34. The van der Waals surface area contributed by atoms with Crippen LogP contribution >= 0.6 is 12.2 Å². The third kappa shape index (κ3) is 4.10. The topological polar surface area (TPSA) is 42.5 Å². The highest BCUT2D eigenvalue weighted by molar-refractivity contribution is 7.80. The molecule has 1 atom stereocenters. The van der Waals surface area contributed by atoms with Crippen molar-refractivity contribution in [3.05, 3.63) is 53.1 Å². The van der Waals surface area contributed by atoms with Crippen molar-refractivity contribution in [2.45, 2.75) is 45.8 Å². The van der Waals surface area contributed by atoms with Gasteiger partial charge in [0.05, 0.1) is 13.2 Å². The highest BCUT2D eigenvalue weighted by atomic mass is 32.1. The fourth-order valence-corrected chi connectivity index (χ4v) is 3.53. The first-order valence-electron chi connectivity index (χ1n) is 8.79. The van der Waals surface area contributed by atoms with Crippen LogP contribution in [0.4, 0.5) is 5.69 Å². The monoisotopic (exact) mass is 370 g/mol. The van der Waals surface area contributed by atoms with Gasteiger partial charge in [0.15, 0.2) is 5.11 Å². The largest absolute Gasteiger partial charge is 0.497 e. The van der Waals surface area contributed by atoms with Gasteiger partial charge in [0.2, 0.25) is 0 Å². The number of hydrogen-bond acceptors (Lipinski definition) is 3. The molecule has 138 valence electrons. The predicted octanol–water partition coefficient (Wildman–Crippen LogP) is 4.90. The molecule has 2 aromatic carbocycles. The summed E-state index contributed by atoms with van der Waals surface area (Å²) < 4.78 is 11.5. The van der Waals surface area contributed by atoms with Gasteiger partial charge in [-0.15, -0.1) is 0 Å². The van der Waals surface area contributed by atoms with E-state index in [0.29, 0.717) is 5.11 Å². The highest BCUT2D eigenvalue weighted by Crippen LogP contribution is 2.41. The molecule has 1 aliphatic rings. The Morgan fingerprint density at radius 1 is 1.19 bits per heavy atom. The summed E-state index contributed by atoms with van der Waals surface area (Å²) in [5.41, 5.74) is 4.20. The number of hydrogen-bond donors (Lipinski definition) is 2. The molecule has 0 radical (unpaired) electrons. The molecule has 5 heteroatoms. The normalized spacial score (nSPS) is 17.7. The number of aryl methyl sites for hydroxylation is 2. The fourth-order valence-electron chi connectivity index (χ4n) is 3.27. The van der Waals surface area contributed by atoms with Crippen LogP contribution in [0, 0.1) is 13.8 Å². The Morgan fingerprint density at radius 2 is 1.96 bits per heavy atom. The van der Waals surface area contributed by atoms with Gasteiger partial charge in [-0.1, -0.05) is 12.1 Å². The lowest BCUT2D eigenvalue weighted by Gasteiger charge is -2.38. The van der Waals surface area contributed by atoms with Crippen LogP contribution in [0.1, 0.15) is 43.0 Å². The maximum Gasteiger partial charge on any atom is 0.171 e. The van der Waals surface area contributed by atoms with Gasteiger partial charge in [-0.05, 0) is 69.2 Å². The molecule has 2 N–H and O–H groups in total. The minimum absolute atomic E-state index is 0.0739. The zero-order valence-corrected chi connectivity index (χ0v) is 16.8. The van der Waals surface area contributed by atoms with Crippen LogP contribution in [0.15, 0.2) is 36.4 Å². The third-order valence-corrected chi connectivity index (χ3v) is 4.84. The molecule has 0 bridgehead atoms. The van der Waals surface area contributed by atoms with Crippen molar-refractivity contribution in [2.75, 3.05) is 12.4 Å². The number of anilines is 1. The second-order valence-corrected chi connectivity index (χ2v) is 7.85. The summed E-state index contributed by atoms with van der Waals surface area (Å²) in [6.45, 7) is 8.33. The Balaban J connectivity index is 1.81. The number of benzene rings is 2. The van der Waals surface area contributed by atoms with Gasteiger partial charge in [0.25, 0.3) is 0 Å². The predicted molar refractivity (Wildman–Crippen MR) is 110 cm³/mol. The van der Waals surface area contributed by atoms with Gasteiger partial charge in [-0.3, -0.25) is 0 Å². The lowest BCUT2D eigenvalue weighted by atomic mass is 9.89. The molecule has 1 aliphatic heterocycles. The zero-order chi connectivity index (χ0) is 18.9. The van der Waals surface area contributed by atoms with E-state index in [4.69, 9.17) is 21.7 Å². The molecule has 1 unspecified atom stereocenters. The molecular formula is C21H26N2O2S. The molecular weight excluding hydrogens is 344 g/mol. The van der Waals surface area contributed by atoms with E-state index in [1.54, 1.807) is 7.11 Å². The van der Waals surface area contributed by atoms with Crippen molar-refractivity contribution in [3.63, 3.8) is 0 Å². The molecule has 2 aromatic rings. The summed E-state index contributed by atoms with van der Waals surface area (Å²) >= 11 is 5.58. The van der Waals surface area contributed by atoms with E-state index in [-0.39, 0.29) is 11.6 Å². The Hall–Kier alpha value is -2.27. The van der Waals surface area contributed by atoms with Crippen LogP contribution in [0.3, 0.4) is 0 Å². The van der Waals surface area contributed by atoms with Crippen LogP contribution in [0.5, 0.6) is 11.5 Å². The van der Waals surface area contributed by atoms with E-state index in [2.05, 4.69) is 56.5 Å². The molecule has 0 amide bonds. The molecule has 1 heterocycles. The van der Waals surface area contributed by atoms with Crippen molar-refractivity contribution in [2.24, 2.45) is 0 Å². The van der Waals surface area contributed by atoms with E-state index in [1.807, 2.05) is 18.2 Å². The van der Waals surface area contributed by atoms with E-state index in [9.17, 15) is 0 Å². The van der Waals surface area contributed by atoms with Crippen molar-refractivity contribution in [3.8, 4) is 11.5 Å². The zero-order valence-electron chi connectivity index (χ0n) is 16.0. The summed E-state index contributed by atoms with van der Waals surface area (Å²) in [5, 5.41) is 7.41. The molecule has 26 heavy (non-hydrogen) atoms. The Kier molecular flexibility index (Phi) is 5.10. The first-order chi connectivity index (χ1) is 12.3. The number of nitrogens with one attached hydrogen (secondary N) is 2. The number of ether oxygens (including phenoxy) is 2. The van der Waals surface area contributed by atoms with Gasteiger partial charge in [0.1, 0.15) is 17.1 Å². The summed E-state index contributed by atoms with van der Waals surface area (Å²) in [4.78, 5) is 0. The number of fused-ring (bicyclic) bond motifs is 1. The van der Waals surface area contributed by atoms with Gasteiger partial charge >= 0.3 is 0 Å². The van der Waals surface area contributed by atoms with Crippen molar-refractivity contribution in [1.82, 2.24) is 5.32 Å². The standard InChI is InChI=1S/C21H26N2O2S/c1-13-6-7-14(2)17(10-13)22-20(26)23-18-12-21(3,4)25-19-11-15(24-5)8-9-16(18)19/h6-11,18H,12H2,1-5H3,(H2,22,23,26). The molecule has 0 saturated carbocycles. The van der Waals surface area contributed by atoms with Gasteiger partial charge in [-0.25, -0.2) is 0 Å². The van der Waals surface area contributed by atoms with E-state index in [1.165, 1.54) is 5.56 Å².